The fourth-order valence-corrected chi connectivity index (χ4v) is 3.43. The number of hydrogen-bond acceptors (Lipinski definition) is 7. The smallest absolute Gasteiger partial charge is 0.346 e. The standard InChI is InChI=1S/C17H16N2O5S/c1-3-22-9-12-15(20)19-10-7-5-6-8-11(10)24-14(18)13(16(19)25-12)17(21)23-4-2/h5-9,18H,3-4H2,1-2H3. The largest absolute Gasteiger partial charge is 0.500 e. The first kappa shape index (κ1) is 17.0. The summed E-state index contributed by atoms with van der Waals surface area (Å²) in [4.78, 5) is 25.2. The molecule has 25 heavy (non-hydrogen) atoms. The zero-order valence-electron chi connectivity index (χ0n) is 13.7. The zero-order chi connectivity index (χ0) is 18.0. The minimum Gasteiger partial charge on any atom is -0.500 e. The first-order chi connectivity index (χ1) is 12.1. The number of carbonyl (C=O) groups is 1. The van der Waals surface area contributed by atoms with Crippen molar-refractivity contribution in [2.75, 3.05) is 13.2 Å². The molecule has 2 heterocycles. The first-order valence-electron chi connectivity index (χ1n) is 7.69. The summed E-state index contributed by atoms with van der Waals surface area (Å²) >= 11 is 1.06. The molecule has 0 spiro atoms. The number of hydrogen-bond donors (Lipinski definition) is 1. The van der Waals surface area contributed by atoms with E-state index in [0.29, 0.717) is 22.6 Å². The minimum absolute atomic E-state index is 0.0868. The van der Waals surface area contributed by atoms with E-state index in [1.54, 1.807) is 31.2 Å². The van der Waals surface area contributed by atoms with Gasteiger partial charge in [0.1, 0.15) is 15.5 Å². The van der Waals surface area contributed by atoms with E-state index in [-0.39, 0.29) is 28.3 Å². The molecular weight excluding hydrogens is 344 g/mol. The molecule has 3 rings (SSSR count). The first-order valence-corrected chi connectivity index (χ1v) is 8.51. The molecular formula is C17H16N2O5S. The predicted octanol–water partition coefficient (Wildman–Crippen LogP) is 0.757. The van der Waals surface area contributed by atoms with Crippen LogP contribution in [-0.4, -0.2) is 29.6 Å². The van der Waals surface area contributed by atoms with E-state index in [1.165, 1.54) is 10.8 Å². The molecule has 1 aromatic carbocycles. The monoisotopic (exact) mass is 360 g/mol. The molecule has 0 radical (unpaired) electrons. The van der Waals surface area contributed by atoms with Crippen molar-refractivity contribution < 1.29 is 19.0 Å². The van der Waals surface area contributed by atoms with Crippen molar-refractivity contribution in [2.45, 2.75) is 13.8 Å². The molecule has 0 saturated heterocycles. The summed E-state index contributed by atoms with van der Waals surface area (Å²) in [6, 6.07) is 6.81. The predicted molar refractivity (Wildman–Crippen MR) is 93.7 cm³/mol. The molecule has 0 bridgehead atoms. The summed E-state index contributed by atoms with van der Waals surface area (Å²) in [7, 11) is 0. The lowest BCUT2D eigenvalue weighted by molar-refractivity contribution is -0.136. The molecule has 1 aliphatic rings. The van der Waals surface area contributed by atoms with Gasteiger partial charge in [0, 0.05) is 0 Å². The van der Waals surface area contributed by atoms with E-state index in [4.69, 9.17) is 19.6 Å². The van der Waals surface area contributed by atoms with Crippen LogP contribution in [0.2, 0.25) is 0 Å². The lowest BCUT2D eigenvalue weighted by atomic mass is 10.3. The molecule has 0 atom stereocenters. The Balaban J connectivity index is 2.43. The van der Waals surface area contributed by atoms with Crippen LogP contribution >= 0.6 is 11.3 Å². The zero-order valence-corrected chi connectivity index (χ0v) is 14.5. The van der Waals surface area contributed by atoms with Gasteiger partial charge in [-0.05, 0) is 26.0 Å². The van der Waals surface area contributed by atoms with E-state index in [1.807, 2.05) is 6.92 Å². The van der Waals surface area contributed by atoms with Gasteiger partial charge in [0.15, 0.2) is 11.3 Å². The van der Waals surface area contributed by atoms with Gasteiger partial charge >= 0.3 is 5.97 Å². The summed E-state index contributed by atoms with van der Waals surface area (Å²) in [6.07, 6.45) is 1.37. The van der Waals surface area contributed by atoms with Gasteiger partial charge in [0.25, 0.3) is 5.56 Å². The van der Waals surface area contributed by atoms with E-state index in [2.05, 4.69) is 0 Å². The Hall–Kier alpha value is -2.87. The maximum absolute atomic E-state index is 12.8. The van der Waals surface area contributed by atoms with Gasteiger partial charge in [-0.25, -0.2) is 4.79 Å². The van der Waals surface area contributed by atoms with Crippen LogP contribution in [0, 0.1) is 5.41 Å². The van der Waals surface area contributed by atoms with Gasteiger partial charge in [-0.15, -0.1) is 11.3 Å². The number of ether oxygens (including phenoxy) is 3. The van der Waals surface area contributed by atoms with Crippen LogP contribution in [0.25, 0.3) is 17.5 Å². The lowest BCUT2D eigenvalue weighted by Crippen LogP contribution is -2.32. The fraction of sp³-hybridized carbons (Fsp3) is 0.235. The number of rotatable bonds is 4. The van der Waals surface area contributed by atoms with Crippen LogP contribution in [-0.2, 0) is 14.3 Å². The molecule has 130 valence electrons. The maximum Gasteiger partial charge on any atom is 0.346 e. The average Bonchev–Trinajstić information content (AvgIpc) is 2.83. The van der Waals surface area contributed by atoms with Gasteiger partial charge in [0.05, 0.1) is 18.9 Å². The third-order valence-corrected chi connectivity index (χ3v) is 4.49. The van der Waals surface area contributed by atoms with E-state index < -0.39 is 5.97 Å². The second kappa shape index (κ2) is 6.94. The summed E-state index contributed by atoms with van der Waals surface area (Å²) in [6.45, 7) is 4.04. The summed E-state index contributed by atoms with van der Waals surface area (Å²) < 4.78 is 17.7. The third-order valence-electron chi connectivity index (χ3n) is 3.42. The van der Waals surface area contributed by atoms with Crippen LogP contribution in [0.15, 0.2) is 29.1 Å². The maximum atomic E-state index is 12.8. The van der Waals surface area contributed by atoms with Crippen molar-refractivity contribution in [2.24, 2.45) is 0 Å². The van der Waals surface area contributed by atoms with Crippen molar-refractivity contribution in [1.82, 2.24) is 4.57 Å². The molecule has 0 aliphatic carbocycles. The quantitative estimate of drug-likeness (QED) is 0.813. The van der Waals surface area contributed by atoms with Crippen molar-refractivity contribution >= 4 is 35.0 Å². The summed E-state index contributed by atoms with van der Waals surface area (Å²) in [5.41, 5.74) is 0.0243. The topological polar surface area (TPSA) is 90.6 Å². The number of benzene rings is 1. The highest BCUT2D eigenvalue weighted by Crippen LogP contribution is 2.24. The molecule has 1 aromatic heterocycles. The van der Waals surface area contributed by atoms with Gasteiger partial charge < -0.3 is 14.2 Å². The second-order valence-electron chi connectivity index (χ2n) is 4.98. The normalized spacial score (nSPS) is 13.6. The number of para-hydroxylation sites is 2. The van der Waals surface area contributed by atoms with E-state index in [9.17, 15) is 9.59 Å². The number of nitrogens with zero attached hydrogens (tertiary/aromatic N) is 1. The SMILES string of the molecule is CCOC=c1sc2n(c1=O)-c1ccccc1OC(=N)C=2C(=O)OCC. The average molecular weight is 360 g/mol. The Kier molecular flexibility index (Phi) is 4.71. The molecule has 0 amide bonds. The summed E-state index contributed by atoms with van der Waals surface area (Å²) in [5, 5.41) is 8.16. The van der Waals surface area contributed by atoms with E-state index >= 15 is 0 Å². The van der Waals surface area contributed by atoms with Crippen LogP contribution in [0.3, 0.4) is 0 Å². The van der Waals surface area contributed by atoms with Gasteiger partial charge in [-0.1, -0.05) is 12.1 Å². The number of thiazole rings is 1. The minimum atomic E-state index is -0.710. The number of nitrogens with one attached hydrogen (secondary N) is 1. The Morgan fingerprint density at radius 3 is 2.80 bits per heavy atom. The van der Waals surface area contributed by atoms with Gasteiger partial charge in [-0.3, -0.25) is 14.8 Å². The molecule has 8 heteroatoms. The Labute approximate surface area is 146 Å². The number of fused-ring (bicyclic) bond motifs is 3. The van der Waals surface area contributed by atoms with Crippen molar-refractivity contribution in [3.05, 3.63) is 43.8 Å². The highest BCUT2D eigenvalue weighted by atomic mass is 32.1. The van der Waals surface area contributed by atoms with Crippen molar-refractivity contribution in [3.8, 4) is 11.4 Å². The Bertz CT molecular complexity index is 1020. The molecule has 1 N–H and O–H groups in total. The highest BCUT2D eigenvalue weighted by molar-refractivity contribution is 7.07. The molecule has 0 fully saturated rings. The molecule has 1 aliphatic heterocycles. The number of esters is 1. The molecule has 0 saturated carbocycles. The number of aromatic nitrogens is 1. The second-order valence-corrected chi connectivity index (χ2v) is 6.01. The number of carbonyl (C=O) groups excluding carboxylic acids is 1. The van der Waals surface area contributed by atoms with Gasteiger partial charge in [0.2, 0.25) is 5.90 Å². The van der Waals surface area contributed by atoms with Crippen molar-refractivity contribution in [3.63, 3.8) is 0 Å². The Morgan fingerprint density at radius 2 is 2.08 bits per heavy atom. The fourth-order valence-electron chi connectivity index (χ4n) is 2.38. The van der Waals surface area contributed by atoms with Crippen LogP contribution in [0.4, 0.5) is 0 Å². The molecule has 2 aromatic rings. The summed E-state index contributed by atoms with van der Waals surface area (Å²) in [5.74, 6) is -0.754. The van der Waals surface area contributed by atoms with Crippen LogP contribution in [0.1, 0.15) is 13.8 Å². The molecule has 0 unspecified atom stereocenters. The van der Waals surface area contributed by atoms with E-state index in [0.717, 1.165) is 11.3 Å². The Morgan fingerprint density at radius 1 is 1.32 bits per heavy atom. The highest BCUT2D eigenvalue weighted by Gasteiger charge is 2.28. The van der Waals surface area contributed by atoms with Crippen LogP contribution < -0.4 is 19.5 Å². The third kappa shape index (κ3) is 2.96. The van der Waals surface area contributed by atoms with Crippen molar-refractivity contribution in [1.29, 1.82) is 5.41 Å². The molecule has 7 nitrogen and oxygen atoms in total. The van der Waals surface area contributed by atoms with Crippen LogP contribution in [0.5, 0.6) is 5.75 Å². The van der Waals surface area contributed by atoms with Gasteiger partial charge in [-0.2, -0.15) is 0 Å². The lowest BCUT2D eigenvalue weighted by Gasteiger charge is -2.08.